The second-order valence-corrected chi connectivity index (χ2v) is 10.2. The van der Waals surface area contributed by atoms with E-state index in [2.05, 4.69) is 0 Å². The molecular weight excluding hydrogens is 410 g/mol. The first-order valence-corrected chi connectivity index (χ1v) is 11.6. The van der Waals surface area contributed by atoms with Crippen LogP contribution in [0.2, 0.25) is 0 Å². The predicted octanol–water partition coefficient (Wildman–Crippen LogP) is 2.86. The van der Waals surface area contributed by atoms with Crippen molar-refractivity contribution in [1.29, 1.82) is 0 Å². The fourth-order valence-corrected chi connectivity index (χ4v) is 7.06. The molecule has 1 aromatic carbocycles. The van der Waals surface area contributed by atoms with Gasteiger partial charge in [0.1, 0.15) is 5.75 Å². The minimum absolute atomic E-state index is 0.0153. The molecule has 4 fully saturated rings. The second-order valence-electron chi connectivity index (χ2n) is 10.2. The molecule has 0 atom stereocenters. The maximum absolute atomic E-state index is 13.8. The van der Waals surface area contributed by atoms with Crippen LogP contribution in [0.1, 0.15) is 62.6 Å². The maximum atomic E-state index is 13.8. The number of nitrogens with one attached hydrogen (secondary N) is 1. The summed E-state index contributed by atoms with van der Waals surface area (Å²) in [6, 6.07) is 6.78. The first kappa shape index (κ1) is 21.1. The molecule has 1 aromatic heterocycles. The van der Waals surface area contributed by atoms with Crippen molar-refractivity contribution >= 4 is 5.91 Å². The molecule has 6 rings (SSSR count). The average Bonchev–Trinajstić information content (AvgIpc) is 2.97. The molecule has 4 aliphatic carbocycles. The van der Waals surface area contributed by atoms with E-state index in [0.29, 0.717) is 36.3 Å². The zero-order valence-electron chi connectivity index (χ0n) is 18.2. The van der Waals surface area contributed by atoms with Crippen LogP contribution < -0.4 is 11.2 Å². The zero-order valence-corrected chi connectivity index (χ0v) is 18.2. The number of rotatable bonds is 7. The van der Waals surface area contributed by atoms with Gasteiger partial charge in [-0.05, 0) is 86.8 Å². The molecule has 1 heterocycles. The van der Waals surface area contributed by atoms with Crippen LogP contribution in [0, 0.1) is 17.8 Å². The summed E-state index contributed by atoms with van der Waals surface area (Å²) in [6.07, 6.45) is 7.36. The van der Waals surface area contributed by atoms with Gasteiger partial charge in [0.2, 0.25) is 11.8 Å². The van der Waals surface area contributed by atoms with E-state index in [9.17, 15) is 19.8 Å². The molecular formula is C24H31N3O5. The smallest absolute Gasteiger partial charge is 0.332 e. The Kier molecular flexibility index (Phi) is 5.28. The fraction of sp³-hybridized carbons (Fsp3) is 0.583. The second kappa shape index (κ2) is 7.99. The number of carbonyl (C=O) groups excluding carboxylic acids is 1. The van der Waals surface area contributed by atoms with E-state index in [-0.39, 0.29) is 35.8 Å². The highest BCUT2D eigenvalue weighted by Crippen LogP contribution is 2.59. The molecule has 0 radical (unpaired) electrons. The molecule has 2 aromatic rings. The summed E-state index contributed by atoms with van der Waals surface area (Å²) >= 11 is 0. The molecule has 8 heteroatoms. The van der Waals surface area contributed by atoms with Crippen LogP contribution in [0.3, 0.4) is 0 Å². The Hall–Kier alpha value is -2.74. The lowest BCUT2D eigenvalue weighted by atomic mass is 9.53. The van der Waals surface area contributed by atoms with Crippen molar-refractivity contribution in [1.82, 2.24) is 14.6 Å². The summed E-state index contributed by atoms with van der Waals surface area (Å²) in [5, 5.41) is 30.0. The molecule has 1 amide bonds. The molecule has 0 spiro atoms. The number of aromatic nitrogens is 2. The third-order valence-electron chi connectivity index (χ3n) is 7.89. The lowest BCUT2D eigenvalue weighted by molar-refractivity contribution is -0.129. The molecule has 8 nitrogen and oxygen atoms in total. The highest BCUT2D eigenvalue weighted by Gasteiger charge is 2.53. The van der Waals surface area contributed by atoms with Gasteiger partial charge in [-0.1, -0.05) is 12.1 Å². The van der Waals surface area contributed by atoms with E-state index in [0.717, 1.165) is 24.8 Å². The van der Waals surface area contributed by atoms with Crippen LogP contribution >= 0.6 is 0 Å². The summed E-state index contributed by atoms with van der Waals surface area (Å²) in [4.78, 5) is 25.2. The Balaban J connectivity index is 1.54. The molecule has 32 heavy (non-hydrogen) atoms. The fourth-order valence-electron chi connectivity index (χ4n) is 7.06. The number of benzene rings is 1. The van der Waals surface area contributed by atoms with E-state index in [4.69, 9.17) is 5.21 Å². The number of hydroxylamine groups is 1. The third kappa shape index (κ3) is 3.60. The molecule has 4 bridgehead atoms. The number of hydrogen-bond acceptors (Lipinski definition) is 5. The summed E-state index contributed by atoms with van der Waals surface area (Å²) < 4.78 is 3.27. The number of nitrogens with zero attached hydrogens (tertiary/aromatic N) is 2. The third-order valence-corrected chi connectivity index (χ3v) is 7.89. The monoisotopic (exact) mass is 441 g/mol. The van der Waals surface area contributed by atoms with Crippen LogP contribution in [-0.2, 0) is 23.3 Å². The van der Waals surface area contributed by atoms with Crippen LogP contribution in [0.25, 0.3) is 0 Å². The SMILES string of the molecule is O=C(CCCc1c(O)n(C23CC4CC(CC(C4)C2)C3)c(=O)n1Cc1cccc(O)c1)NO. The topological polar surface area (TPSA) is 117 Å². The van der Waals surface area contributed by atoms with Gasteiger partial charge in [0.15, 0.2) is 0 Å². The average molecular weight is 442 g/mol. The summed E-state index contributed by atoms with van der Waals surface area (Å²) in [6.45, 7) is 0.238. The van der Waals surface area contributed by atoms with Gasteiger partial charge in [-0.25, -0.2) is 10.3 Å². The molecule has 4 aliphatic rings. The van der Waals surface area contributed by atoms with Crippen LogP contribution in [-0.4, -0.2) is 30.5 Å². The van der Waals surface area contributed by atoms with Crippen LogP contribution in [0.15, 0.2) is 29.1 Å². The molecule has 4 saturated carbocycles. The zero-order chi connectivity index (χ0) is 22.5. The summed E-state index contributed by atoms with van der Waals surface area (Å²) in [7, 11) is 0. The van der Waals surface area contributed by atoms with Gasteiger partial charge in [0, 0.05) is 6.42 Å². The number of imidazole rings is 1. The lowest BCUT2D eigenvalue weighted by Gasteiger charge is -2.56. The van der Waals surface area contributed by atoms with E-state index in [1.54, 1.807) is 32.8 Å². The molecule has 0 unspecified atom stereocenters. The van der Waals surface area contributed by atoms with Gasteiger partial charge in [-0.15, -0.1) is 0 Å². The van der Waals surface area contributed by atoms with Gasteiger partial charge < -0.3 is 10.2 Å². The minimum Gasteiger partial charge on any atom is -0.508 e. The van der Waals surface area contributed by atoms with Crippen molar-refractivity contribution in [2.24, 2.45) is 17.8 Å². The Bertz CT molecular complexity index is 1050. The van der Waals surface area contributed by atoms with Gasteiger partial charge >= 0.3 is 5.69 Å². The van der Waals surface area contributed by atoms with Crippen LogP contribution in [0.4, 0.5) is 0 Å². The number of carbonyl (C=O) groups is 1. The number of hydrogen-bond donors (Lipinski definition) is 4. The number of amides is 1. The standard InChI is InChI=1S/C24H31N3O5/c28-19-4-1-3-15(10-19)14-26-20(5-2-6-21(29)25-32)22(30)27(23(26)31)24-11-16-7-17(12-24)9-18(8-16)13-24/h1,3-4,10,16-18,28,30,32H,2,5-9,11-14H2,(H,25,29). The molecule has 0 saturated heterocycles. The Morgan fingerprint density at radius 2 is 1.75 bits per heavy atom. The normalized spacial score (nSPS) is 28.2. The maximum Gasteiger partial charge on any atom is 0.332 e. The van der Waals surface area contributed by atoms with Crippen molar-refractivity contribution < 1.29 is 20.2 Å². The summed E-state index contributed by atoms with van der Waals surface area (Å²) in [5.74, 6) is 1.52. The Morgan fingerprint density at radius 1 is 1.09 bits per heavy atom. The number of phenolic OH excluding ortho intramolecular Hbond substituents is 1. The minimum atomic E-state index is -0.494. The van der Waals surface area contributed by atoms with E-state index in [1.807, 2.05) is 6.07 Å². The van der Waals surface area contributed by atoms with Crippen LogP contribution in [0.5, 0.6) is 11.6 Å². The first-order valence-electron chi connectivity index (χ1n) is 11.6. The van der Waals surface area contributed by atoms with Crippen molar-refractivity contribution in [3.05, 3.63) is 46.0 Å². The highest BCUT2D eigenvalue weighted by molar-refractivity contribution is 5.74. The van der Waals surface area contributed by atoms with Crippen molar-refractivity contribution in [2.45, 2.75) is 69.9 Å². The molecule has 4 N–H and O–H groups in total. The first-order chi connectivity index (χ1) is 15.4. The van der Waals surface area contributed by atoms with E-state index in [1.165, 1.54) is 19.3 Å². The van der Waals surface area contributed by atoms with Gasteiger partial charge in [-0.3, -0.25) is 19.1 Å². The van der Waals surface area contributed by atoms with Crippen molar-refractivity contribution in [3.8, 4) is 11.6 Å². The number of phenols is 1. The highest BCUT2D eigenvalue weighted by atomic mass is 16.5. The van der Waals surface area contributed by atoms with E-state index >= 15 is 0 Å². The largest absolute Gasteiger partial charge is 0.508 e. The van der Waals surface area contributed by atoms with E-state index < -0.39 is 5.91 Å². The molecule has 172 valence electrons. The quantitative estimate of drug-likeness (QED) is 0.389. The Morgan fingerprint density at radius 3 is 2.34 bits per heavy atom. The summed E-state index contributed by atoms with van der Waals surface area (Å²) in [5.41, 5.74) is 2.37. The number of aromatic hydroxyl groups is 2. The molecule has 0 aliphatic heterocycles. The lowest BCUT2D eigenvalue weighted by Crippen LogP contribution is -2.54. The van der Waals surface area contributed by atoms with Gasteiger partial charge in [-0.2, -0.15) is 0 Å². The van der Waals surface area contributed by atoms with Gasteiger partial charge in [0.05, 0.1) is 17.8 Å². The van der Waals surface area contributed by atoms with Gasteiger partial charge in [0.25, 0.3) is 0 Å². The van der Waals surface area contributed by atoms with Crippen molar-refractivity contribution in [2.75, 3.05) is 0 Å². The predicted molar refractivity (Wildman–Crippen MR) is 117 cm³/mol. The Labute approximate surface area is 186 Å². The van der Waals surface area contributed by atoms with Crippen molar-refractivity contribution in [3.63, 3.8) is 0 Å².